The SMILES string of the molecule is CC(C)CC1=NC=N[N]1. The molecular formula is C6H10N3. The van der Waals surface area contributed by atoms with E-state index in [-0.39, 0.29) is 0 Å². The van der Waals surface area contributed by atoms with Crippen LogP contribution in [-0.2, 0) is 0 Å². The molecule has 0 N–H and O–H groups in total. The molecule has 0 bridgehead atoms. The molecule has 0 atom stereocenters. The minimum atomic E-state index is 0.620. The van der Waals surface area contributed by atoms with E-state index in [0.29, 0.717) is 5.92 Å². The highest BCUT2D eigenvalue weighted by Gasteiger charge is 2.05. The van der Waals surface area contributed by atoms with E-state index in [2.05, 4.69) is 29.4 Å². The number of hydrogen-bond donors (Lipinski definition) is 0. The van der Waals surface area contributed by atoms with E-state index in [1.807, 2.05) is 0 Å². The summed E-state index contributed by atoms with van der Waals surface area (Å²) in [6.45, 7) is 4.27. The molecule has 0 aliphatic carbocycles. The smallest absolute Gasteiger partial charge is 0.153 e. The van der Waals surface area contributed by atoms with E-state index in [9.17, 15) is 0 Å². The fourth-order valence-corrected chi connectivity index (χ4v) is 0.669. The first kappa shape index (κ1) is 6.26. The molecule has 1 aliphatic heterocycles. The molecule has 0 saturated carbocycles. The molecule has 49 valence electrons. The van der Waals surface area contributed by atoms with E-state index in [1.165, 1.54) is 6.34 Å². The second kappa shape index (κ2) is 2.62. The Kier molecular flexibility index (Phi) is 1.82. The van der Waals surface area contributed by atoms with Gasteiger partial charge in [-0.2, -0.15) is 0 Å². The van der Waals surface area contributed by atoms with Gasteiger partial charge < -0.3 is 0 Å². The number of amidine groups is 1. The first-order valence-electron chi connectivity index (χ1n) is 3.08. The van der Waals surface area contributed by atoms with Gasteiger partial charge in [-0.15, -0.1) is 10.5 Å². The minimum absolute atomic E-state index is 0.620. The van der Waals surface area contributed by atoms with Crippen molar-refractivity contribution in [1.82, 2.24) is 5.43 Å². The van der Waals surface area contributed by atoms with Gasteiger partial charge in [0, 0.05) is 6.42 Å². The van der Waals surface area contributed by atoms with Crippen LogP contribution in [0.5, 0.6) is 0 Å². The van der Waals surface area contributed by atoms with Gasteiger partial charge in [-0.3, -0.25) is 0 Å². The summed E-state index contributed by atoms with van der Waals surface area (Å²) in [4.78, 5) is 3.93. The van der Waals surface area contributed by atoms with Crippen LogP contribution < -0.4 is 5.43 Å². The highest BCUT2D eigenvalue weighted by atomic mass is 15.4. The predicted molar refractivity (Wildman–Crippen MR) is 37.5 cm³/mol. The number of nitrogens with zero attached hydrogens (tertiary/aromatic N) is 3. The summed E-state index contributed by atoms with van der Waals surface area (Å²) < 4.78 is 0. The molecule has 0 aromatic rings. The van der Waals surface area contributed by atoms with Gasteiger partial charge in [0.1, 0.15) is 6.34 Å². The quantitative estimate of drug-likeness (QED) is 0.526. The topological polar surface area (TPSA) is 38.8 Å². The van der Waals surface area contributed by atoms with Gasteiger partial charge in [0.15, 0.2) is 5.84 Å². The molecule has 3 nitrogen and oxygen atoms in total. The fourth-order valence-electron chi connectivity index (χ4n) is 0.669. The molecule has 1 heterocycles. The molecule has 0 aromatic heterocycles. The summed E-state index contributed by atoms with van der Waals surface area (Å²) in [5.74, 6) is 1.47. The van der Waals surface area contributed by atoms with Crippen molar-refractivity contribution in [3.63, 3.8) is 0 Å². The van der Waals surface area contributed by atoms with Crippen molar-refractivity contribution < 1.29 is 0 Å². The van der Waals surface area contributed by atoms with Crippen molar-refractivity contribution in [3.05, 3.63) is 0 Å². The van der Waals surface area contributed by atoms with Gasteiger partial charge in [0.05, 0.1) is 0 Å². The van der Waals surface area contributed by atoms with Crippen LogP contribution in [0.3, 0.4) is 0 Å². The Balaban J connectivity index is 2.30. The van der Waals surface area contributed by atoms with Gasteiger partial charge in [0.2, 0.25) is 0 Å². The molecule has 1 rings (SSSR count). The molecular weight excluding hydrogens is 114 g/mol. The van der Waals surface area contributed by atoms with E-state index in [0.717, 1.165) is 12.3 Å². The van der Waals surface area contributed by atoms with E-state index < -0.39 is 0 Å². The van der Waals surface area contributed by atoms with E-state index in [1.54, 1.807) is 0 Å². The molecule has 0 fully saturated rings. The summed E-state index contributed by atoms with van der Waals surface area (Å²) in [7, 11) is 0. The van der Waals surface area contributed by atoms with Crippen LogP contribution in [0.15, 0.2) is 10.1 Å². The molecule has 0 unspecified atom stereocenters. The predicted octanol–water partition coefficient (Wildman–Crippen LogP) is 0.992. The molecule has 3 heteroatoms. The normalized spacial score (nSPS) is 16.1. The maximum Gasteiger partial charge on any atom is 0.153 e. The third-order valence-electron chi connectivity index (χ3n) is 1.02. The first-order valence-corrected chi connectivity index (χ1v) is 3.08. The molecule has 0 spiro atoms. The highest BCUT2D eigenvalue weighted by molar-refractivity contribution is 5.91. The first-order chi connectivity index (χ1) is 4.29. The summed E-state index contributed by atoms with van der Waals surface area (Å²) in [6.07, 6.45) is 2.41. The summed E-state index contributed by atoms with van der Waals surface area (Å²) >= 11 is 0. The molecule has 9 heavy (non-hydrogen) atoms. The van der Waals surface area contributed by atoms with Crippen molar-refractivity contribution in [3.8, 4) is 0 Å². The van der Waals surface area contributed by atoms with Crippen LogP contribution in [0.2, 0.25) is 0 Å². The van der Waals surface area contributed by atoms with Crippen molar-refractivity contribution in [1.29, 1.82) is 0 Å². The zero-order chi connectivity index (χ0) is 6.69. The largest absolute Gasteiger partial charge is 0.218 e. The Morgan fingerprint density at radius 3 is 2.78 bits per heavy atom. The van der Waals surface area contributed by atoms with E-state index >= 15 is 0 Å². The van der Waals surface area contributed by atoms with Crippen LogP contribution in [0.1, 0.15) is 20.3 Å². The molecule has 0 amide bonds. The lowest BCUT2D eigenvalue weighted by Crippen LogP contribution is -2.08. The van der Waals surface area contributed by atoms with Crippen LogP contribution in [0.4, 0.5) is 0 Å². The minimum Gasteiger partial charge on any atom is -0.218 e. The zero-order valence-electron chi connectivity index (χ0n) is 5.70. The van der Waals surface area contributed by atoms with E-state index in [4.69, 9.17) is 0 Å². The summed E-state index contributed by atoms with van der Waals surface area (Å²) in [6, 6.07) is 0. The van der Waals surface area contributed by atoms with Gasteiger partial charge in [0.25, 0.3) is 0 Å². The number of aliphatic imine (C=N–C) groups is 1. The van der Waals surface area contributed by atoms with Gasteiger partial charge in [-0.05, 0) is 5.92 Å². The standard InChI is InChI=1S/C6H10N3/c1-5(2)3-6-7-4-8-9-6/h4-5H,3H2,1-2H3. The lowest BCUT2D eigenvalue weighted by atomic mass is 10.1. The van der Waals surface area contributed by atoms with Crippen molar-refractivity contribution in [2.45, 2.75) is 20.3 Å². The Labute approximate surface area is 54.9 Å². The zero-order valence-corrected chi connectivity index (χ0v) is 5.70. The maximum absolute atomic E-state index is 3.93. The van der Waals surface area contributed by atoms with Crippen LogP contribution >= 0.6 is 0 Å². The van der Waals surface area contributed by atoms with Gasteiger partial charge in [-0.1, -0.05) is 13.8 Å². The average molecular weight is 124 g/mol. The lowest BCUT2D eigenvalue weighted by Gasteiger charge is -1.99. The van der Waals surface area contributed by atoms with Crippen LogP contribution in [0.25, 0.3) is 0 Å². The number of hydrogen-bond acceptors (Lipinski definition) is 2. The second-order valence-corrected chi connectivity index (χ2v) is 2.47. The Morgan fingerprint density at radius 2 is 2.33 bits per heavy atom. The van der Waals surface area contributed by atoms with Crippen LogP contribution in [-0.4, -0.2) is 12.2 Å². The molecule has 0 saturated heterocycles. The number of rotatable bonds is 2. The van der Waals surface area contributed by atoms with Gasteiger partial charge in [-0.25, -0.2) is 4.99 Å². The van der Waals surface area contributed by atoms with Crippen molar-refractivity contribution in [2.75, 3.05) is 0 Å². The third-order valence-corrected chi connectivity index (χ3v) is 1.02. The second-order valence-electron chi connectivity index (χ2n) is 2.47. The molecule has 1 aliphatic rings. The van der Waals surface area contributed by atoms with Crippen molar-refractivity contribution >= 4 is 12.2 Å². The van der Waals surface area contributed by atoms with Gasteiger partial charge >= 0.3 is 0 Å². The Morgan fingerprint density at radius 1 is 1.56 bits per heavy atom. The maximum atomic E-state index is 3.93. The van der Waals surface area contributed by atoms with Crippen molar-refractivity contribution in [2.24, 2.45) is 16.0 Å². The Hall–Kier alpha value is -0.860. The fraction of sp³-hybridized carbons (Fsp3) is 0.667. The molecule has 1 radical (unpaired) electrons. The highest BCUT2D eigenvalue weighted by Crippen LogP contribution is 2.01. The monoisotopic (exact) mass is 124 g/mol. The lowest BCUT2D eigenvalue weighted by molar-refractivity contribution is 0.672. The van der Waals surface area contributed by atoms with Crippen LogP contribution in [0, 0.1) is 5.92 Å². The summed E-state index contributed by atoms with van der Waals surface area (Å²) in [5, 5.41) is 3.61. The average Bonchev–Trinajstić information content (AvgIpc) is 2.15. The molecule has 0 aromatic carbocycles. The Bertz CT molecular complexity index is 146. The third kappa shape index (κ3) is 1.83. The summed E-state index contributed by atoms with van der Waals surface area (Å²) in [5.41, 5.74) is 3.80.